The predicted molar refractivity (Wildman–Crippen MR) is 80.4 cm³/mol. The summed E-state index contributed by atoms with van der Waals surface area (Å²) >= 11 is 0. The van der Waals surface area contributed by atoms with Gasteiger partial charge in [0.2, 0.25) is 5.91 Å². The van der Waals surface area contributed by atoms with Crippen molar-refractivity contribution in [3.8, 4) is 5.75 Å². The number of amides is 1. The first-order valence-corrected chi connectivity index (χ1v) is 7.03. The molecule has 1 atom stereocenters. The average Bonchev–Trinajstić information content (AvgIpc) is 2.82. The molecule has 1 aromatic heterocycles. The number of phenols is 1. The van der Waals surface area contributed by atoms with E-state index >= 15 is 0 Å². The van der Waals surface area contributed by atoms with Gasteiger partial charge in [0.05, 0.1) is 11.7 Å². The Bertz CT molecular complexity index is 681. The highest BCUT2D eigenvalue weighted by Crippen LogP contribution is 2.39. The van der Waals surface area contributed by atoms with Gasteiger partial charge in [0.25, 0.3) is 0 Å². The predicted octanol–water partition coefficient (Wildman–Crippen LogP) is 2.82. The number of nitrogens with one attached hydrogen (secondary N) is 1. The van der Waals surface area contributed by atoms with Crippen molar-refractivity contribution in [1.29, 1.82) is 0 Å². The van der Waals surface area contributed by atoms with Crippen molar-refractivity contribution in [2.45, 2.75) is 38.6 Å². The molecule has 0 saturated carbocycles. The lowest BCUT2D eigenvalue weighted by Gasteiger charge is -2.28. The summed E-state index contributed by atoms with van der Waals surface area (Å²) in [6.07, 6.45) is 2.23. The number of aromatic nitrogens is 2. The molecule has 110 valence electrons. The van der Waals surface area contributed by atoms with Crippen LogP contribution in [0.15, 0.2) is 30.5 Å². The maximum absolute atomic E-state index is 12.1. The first-order valence-electron chi connectivity index (χ1n) is 7.03. The second-order valence-electron chi connectivity index (χ2n) is 6.43. The highest BCUT2D eigenvalue weighted by Gasteiger charge is 2.32. The van der Waals surface area contributed by atoms with Gasteiger partial charge in [-0.2, -0.15) is 5.10 Å². The number of carbonyl (C=O) groups excluding carboxylic acids is 1. The molecule has 1 aromatic carbocycles. The van der Waals surface area contributed by atoms with Crippen molar-refractivity contribution in [3.63, 3.8) is 0 Å². The number of fused-ring (bicyclic) bond motifs is 1. The van der Waals surface area contributed by atoms with Crippen LogP contribution < -0.4 is 5.32 Å². The molecule has 0 saturated heterocycles. The number of anilines is 1. The summed E-state index contributed by atoms with van der Waals surface area (Å²) in [5, 5.41) is 16.8. The summed E-state index contributed by atoms with van der Waals surface area (Å²) in [5.74, 6) is 0.971. The molecule has 2 N–H and O–H groups in total. The zero-order chi connectivity index (χ0) is 15.2. The quantitative estimate of drug-likeness (QED) is 0.846. The van der Waals surface area contributed by atoms with E-state index in [9.17, 15) is 9.90 Å². The summed E-state index contributed by atoms with van der Waals surface area (Å²) in [5.41, 5.74) is 1.84. The van der Waals surface area contributed by atoms with Gasteiger partial charge in [0, 0.05) is 17.9 Å². The topological polar surface area (TPSA) is 67.2 Å². The van der Waals surface area contributed by atoms with E-state index in [0.29, 0.717) is 6.42 Å². The van der Waals surface area contributed by atoms with Gasteiger partial charge in [-0.3, -0.25) is 4.79 Å². The number of hydrogen-bond acceptors (Lipinski definition) is 3. The van der Waals surface area contributed by atoms with Crippen LogP contribution >= 0.6 is 0 Å². The van der Waals surface area contributed by atoms with Crippen LogP contribution in [-0.2, 0) is 10.3 Å². The van der Waals surface area contributed by atoms with Crippen molar-refractivity contribution in [1.82, 2.24) is 9.78 Å². The largest absolute Gasteiger partial charge is 0.508 e. The third kappa shape index (κ3) is 2.39. The molecular weight excluding hydrogens is 266 g/mol. The summed E-state index contributed by atoms with van der Waals surface area (Å²) in [4.78, 5) is 12.1. The Balaban J connectivity index is 2.09. The van der Waals surface area contributed by atoms with Gasteiger partial charge < -0.3 is 10.4 Å². The molecule has 0 unspecified atom stereocenters. The van der Waals surface area contributed by atoms with Gasteiger partial charge in [-0.1, -0.05) is 12.1 Å². The van der Waals surface area contributed by atoms with E-state index in [2.05, 4.69) is 31.2 Å². The Hall–Kier alpha value is -2.30. The van der Waals surface area contributed by atoms with Crippen LogP contribution in [0.5, 0.6) is 5.75 Å². The van der Waals surface area contributed by atoms with Crippen molar-refractivity contribution >= 4 is 11.7 Å². The van der Waals surface area contributed by atoms with E-state index in [1.54, 1.807) is 12.1 Å². The van der Waals surface area contributed by atoms with Gasteiger partial charge in [0.15, 0.2) is 0 Å². The molecule has 1 amide bonds. The van der Waals surface area contributed by atoms with Gasteiger partial charge in [0.1, 0.15) is 11.6 Å². The smallest absolute Gasteiger partial charge is 0.226 e. The van der Waals surface area contributed by atoms with Crippen LogP contribution in [0.25, 0.3) is 0 Å². The maximum atomic E-state index is 12.1. The minimum absolute atomic E-state index is 0.00780. The molecule has 0 aliphatic carbocycles. The molecule has 1 aliphatic heterocycles. The molecule has 21 heavy (non-hydrogen) atoms. The van der Waals surface area contributed by atoms with E-state index in [1.807, 2.05) is 23.0 Å². The summed E-state index contributed by atoms with van der Waals surface area (Å²) in [7, 11) is 0. The van der Waals surface area contributed by atoms with E-state index in [1.165, 1.54) is 0 Å². The average molecular weight is 285 g/mol. The van der Waals surface area contributed by atoms with Crippen molar-refractivity contribution in [2.24, 2.45) is 0 Å². The third-order valence-electron chi connectivity index (χ3n) is 3.75. The van der Waals surface area contributed by atoms with Gasteiger partial charge in [-0.05, 0) is 38.5 Å². The van der Waals surface area contributed by atoms with Crippen LogP contribution in [-0.4, -0.2) is 20.8 Å². The standard InChI is InChI=1S/C16H19N3O2/c1-16(2,3)19-15-13(9-17-19)12(8-14(21)18-15)10-4-6-11(20)7-5-10/h4-7,9,12,20H,8H2,1-3H3,(H,18,21)/t12-/m1/s1. The Morgan fingerprint density at radius 2 is 1.95 bits per heavy atom. The number of carbonyl (C=O) groups is 1. The van der Waals surface area contributed by atoms with Crippen LogP contribution in [0.3, 0.4) is 0 Å². The Labute approximate surface area is 123 Å². The molecular formula is C16H19N3O2. The van der Waals surface area contributed by atoms with E-state index in [0.717, 1.165) is 16.9 Å². The van der Waals surface area contributed by atoms with Crippen LogP contribution in [0, 0.1) is 0 Å². The molecule has 2 aromatic rings. The number of benzene rings is 1. The minimum atomic E-state index is -0.197. The second-order valence-corrected chi connectivity index (χ2v) is 6.43. The first-order chi connectivity index (χ1) is 9.86. The molecule has 3 rings (SSSR count). The Kier molecular flexibility index (Phi) is 3.01. The maximum Gasteiger partial charge on any atom is 0.226 e. The minimum Gasteiger partial charge on any atom is -0.508 e. The summed E-state index contributed by atoms with van der Waals surface area (Å²) < 4.78 is 1.85. The zero-order valence-electron chi connectivity index (χ0n) is 12.4. The lowest BCUT2D eigenvalue weighted by molar-refractivity contribution is -0.116. The number of phenolic OH excluding ortho intramolecular Hbond substituents is 1. The van der Waals surface area contributed by atoms with Crippen molar-refractivity contribution < 1.29 is 9.90 Å². The molecule has 5 nitrogen and oxygen atoms in total. The summed E-state index contributed by atoms with van der Waals surface area (Å²) in [6, 6.07) is 7.01. The lowest BCUT2D eigenvalue weighted by atomic mass is 9.87. The second kappa shape index (κ2) is 4.62. The third-order valence-corrected chi connectivity index (χ3v) is 3.75. The SMILES string of the molecule is CC(C)(C)n1ncc2c1NC(=O)C[C@@H]2c1ccc(O)cc1. The normalized spacial score (nSPS) is 18.2. The van der Waals surface area contributed by atoms with E-state index < -0.39 is 0 Å². The van der Waals surface area contributed by atoms with E-state index in [4.69, 9.17) is 0 Å². The summed E-state index contributed by atoms with van der Waals surface area (Å²) in [6.45, 7) is 6.16. The molecule has 0 spiro atoms. The molecule has 0 fully saturated rings. The van der Waals surface area contributed by atoms with Crippen LogP contribution in [0.2, 0.25) is 0 Å². The number of nitrogens with zero attached hydrogens (tertiary/aromatic N) is 2. The van der Waals surface area contributed by atoms with Crippen molar-refractivity contribution in [2.75, 3.05) is 5.32 Å². The fourth-order valence-electron chi connectivity index (χ4n) is 2.73. The monoisotopic (exact) mass is 285 g/mol. The molecule has 1 aliphatic rings. The van der Waals surface area contributed by atoms with Crippen LogP contribution in [0.4, 0.5) is 5.82 Å². The number of rotatable bonds is 1. The number of aromatic hydroxyl groups is 1. The van der Waals surface area contributed by atoms with Gasteiger partial charge in [-0.25, -0.2) is 4.68 Å². The molecule has 2 heterocycles. The highest BCUT2D eigenvalue weighted by atomic mass is 16.3. The zero-order valence-corrected chi connectivity index (χ0v) is 12.4. The first kappa shape index (κ1) is 13.7. The fraction of sp³-hybridized carbons (Fsp3) is 0.375. The van der Waals surface area contributed by atoms with Gasteiger partial charge in [-0.15, -0.1) is 0 Å². The fourth-order valence-corrected chi connectivity index (χ4v) is 2.73. The molecule has 0 bridgehead atoms. The molecule has 0 radical (unpaired) electrons. The molecule has 5 heteroatoms. The number of hydrogen-bond donors (Lipinski definition) is 2. The lowest BCUT2D eigenvalue weighted by Crippen LogP contribution is -2.30. The Morgan fingerprint density at radius 3 is 2.57 bits per heavy atom. The van der Waals surface area contributed by atoms with Crippen molar-refractivity contribution in [3.05, 3.63) is 41.6 Å². The van der Waals surface area contributed by atoms with Crippen LogP contribution in [0.1, 0.15) is 44.2 Å². The van der Waals surface area contributed by atoms with Gasteiger partial charge >= 0.3 is 0 Å². The highest BCUT2D eigenvalue weighted by molar-refractivity contribution is 5.94. The van der Waals surface area contributed by atoms with E-state index in [-0.39, 0.29) is 23.1 Å². The Morgan fingerprint density at radius 1 is 1.29 bits per heavy atom.